The number of anilines is 1. The molecule has 0 saturated carbocycles. The van der Waals surface area contributed by atoms with Gasteiger partial charge in [0.05, 0.1) is 11.5 Å². The molecule has 7 nitrogen and oxygen atoms in total. The zero-order valence-corrected chi connectivity index (χ0v) is 11.8. The molecule has 1 atom stereocenters. The van der Waals surface area contributed by atoms with E-state index < -0.39 is 11.0 Å². The highest BCUT2D eigenvalue weighted by Gasteiger charge is 2.17. The van der Waals surface area contributed by atoms with Gasteiger partial charge in [0.2, 0.25) is 5.91 Å². The molecule has 1 unspecified atom stereocenters. The molecule has 0 spiro atoms. The van der Waals surface area contributed by atoms with Gasteiger partial charge < -0.3 is 15.4 Å². The molecule has 0 aliphatic heterocycles. The number of carbonyl (C=O) groups is 1. The summed E-state index contributed by atoms with van der Waals surface area (Å²) in [6, 6.07) is 4.00. The van der Waals surface area contributed by atoms with Crippen LogP contribution in [-0.4, -0.2) is 30.0 Å². The van der Waals surface area contributed by atoms with Crippen LogP contribution in [0.2, 0.25) is 0 Å². The molecule has 0 aliphatic carbocycles. The van der Waals surface area contributed by atoms with Gasteiger partial charge in [-0.15, -0.1) is 0 Å². The van der Waals surface area contributed by atoms with Gasteiger partial charge in [0.25, 0.3) is 0 Å². The first-order valence-electron chi connectivity index (χ1n) is 6.45. The van der Waals surface area contributed by atoms with Gasteiger partial charge in [0.1, 0.15) is 6.04 Å². The van der Waals surface area contributed by atoms with E-state index in [0.717, 1.165) is 0 Å². The molecule has 0 aromatic heterocycles. The van der Waals surface area contributed by atoms with Crippen molar-refractivity contribution < 1.29 is 14.5 Å². The molecule has 20 heavy (non-hydrogen) atoms. The molecular formula is C13H19N3O4. The maximum absolute atomic E-state index is 11.6. The third kappa shape index (κ3) is 4.11. The van der Waals surface area contributed by atoms with E-state index in [2.05, 4.69) is 10.6 Å². The lowest BCUT2D eigenvalue weighted by atomic mass is 10.2. The van der Waals surface area contributed by atoms with E-state index in [1.54, 1.807) is 19.9 Å². The highest BCUT2D eigenvalue weighted by Crippen LogP contribution is 2.30. The number of nitro groups is 1. The van der Waals surface area contributed by atoms with Gasteiger partial charge in [0, 0.05) is 24.4 Å². The molecule has 110 valence electrons. The predicted octanol–water partition coefficient (Wildman–Crippen LogP) is 1.93. The smallest absolute Gasteiger partial charge is 0.311 e. The molecule has 2 N–H and O–H groups in total. The number of nitrogens with zero attached hydrogens (tertiary/aromatic N) is 1. The quantitative estimate of drug-likeness (QED) is 0.588. The van der Waals surface area contributed by atoms with Crippen LogP contribution in [0.4, 0.5) is 11.4 Å². The SMILES string of the molecule is CCNC(=O)C(C)Nc1ccc([N+](=O)[O-])c(OCC)c1. The number of likely N-dealkylation sites (N-methyl/N-ethyl adjacent to an activating group) is 1. The van der Waals surface area contributed by atoms with E-state index in [4.69, 9.17) is 4.74 Å². The van der Waals surface area contributed by atoms with Crippen LogP contribution in [-0.2, 0) is 4.79 Å². The molecule has 0 fully saturated rings. The molecule has 1 aromatic carbocycles. The summed E-state index contributed by atoms with van der Waals surface area (Å²) in [5.41, 5.74) is 0.501. The van der Waals surface area contributed by atoms with E-state index in [0.29, 0.717) is 18.8 Å². The molecule has 0 radical (unpaired) electrons. The Labute approximate surface area is 117 Å². The number of ether oxygens (including phenoxy) is 1. The van der Waals surface area contributed by atoms with Crippen molar-refractivity contribution in [3.63, 3.8) is 0 Å². The predicted molar refractivity (Wildman–Crippen MR) is 76.0 cm³/mol. The monoisotopic (exact) mass is 281 g/mol. The standard InChI is InChI=1S/C13H19N3O4/c1-4-14-13(17)9(3)15-10-6-7-11(16(18)19)12(8-10)20-5-2/h6-9,15H,4-5H2,1-3H3,(H,14,17). The van der Waals surface area contributed by atoms with Crippen LogP contribution < -0.4 is 15.4 Å². The molecule has 1 rings (SSSR count). The average molecular weight is 281 g/mol. The van der Waals surface area contributed by atoms with Crippen molar-refractivity contribution in [2.24, 2.45) is 0 Å². The first-order valence-corrected chi connectivity index (χ1v) is 6.45. The van der Waals surface area contributed by atoms with Crippen LogP contribution in [0.25, 0.3) is 0 Å². The molecule has 0 aliphatic rings. The maximum Gasteiger partial charge on any atom is 0.311 e. The van der Waals surface area contributed by atoms with Crippen molar-refractivity contribution in [2.45, 2.75) is 26.8 Å². The fourth-order valence-electron chi connectivity index (χ4n) is 1.67. The normalized spacial score (nSPS) is 11.6. The van der Waals surface area contributed by atoms with Crippen LogP contribution in [0.1, 0.15) is 20.8 Å². The number of benzene rings is 1. The van der Waals surface area contributed by atoms with E-state index in [9.17, 15) is 14.9 Å². The van der Waals surface area contributed by atoms with E-state index >= 15 is 0 Å². The Kier molecular flexibility index (Phi) is 5.76. The molecule has 0 saturated heterocycles. The Morgan fingerprint density at radius 2 is 2.15 bits per heavy atom. The summed E-state index contributed by atoms with van der Waals surface area (Å²) in [6.45, 7) is 6.18. The fraction of sp³-hybridized carbons (Fsp3) is 0.462. The van der Waals surface area contributed by atoms with Gasteiger partial charge in [-0.3, -0.25) is 14.9 Å². The third-order valence-electron chi connectivity index (χ3n) is 2.58. The van der Waals surface area contributed by atoms with Crippen LogP contribution >= 0.6 is 0 Å². The van der Waals surface area contributed by atoms with Crippen LogP contribution in [0.15, 0.2) is 18.2 Å². The Morgan fingerprint density at radius 3 is 2.70 bits per heavy atom. The summed E-state index contributed by atoms with van der Waals surface area (Å²) in [7, 11) is 0. The van der Waals surface area contributed by atoms with Crippen molar-refractivity contribution in [1.29, 1.82) is 0 Å². The third-order valence-corrected chi connectivity index (χ3v) is 2.58. The van der Waals surface area contributed by atoms with Gasteiger partial charge in [-0.05, 0) is 26.8 Å². The summed E-state index contributed by atoms with van der Waals surface area (Å²) < 4.78 is 5.25. The number of amides is 1. The number of rotatable bonds is 7. The van der Waals surface area contributed by atoms with Crippen molar-refractivity contribution in [1.82, 2.24) is 5.32 Å². The van der Waals surface area contributed by atoms with E-state index in [-0.39, 0.29) is 17.3 Å². The van der Waals surface area contributed by atoms with Crippen LogP contribution in [0.3, 0.4) is 0 Å². The minimum absolute atomic E-state index is 0.0944. The van der Waals surface area contributed by atoms with Gasteiger partial charge in [-0.1, -0.05) is 0 Å². The van der Waals surface area contributed by atoms with E-state index in [1.807, 2.05) is 6.92 Å². The van der Waals surface area contributed by atoms with Crippen LogP contribution in [0.5, 0.6) is 5.75 Å². The fourth-order valence-corrected chi connectivity index (χ4v) is 1.67. The highest BCUT2D eigenvalue weighted by atomic mass is 16.6. The molecule has 0 heterocycles. The van der Waals surface area contributed by atoms with Gasteiger partial charge in [-0.25, -0.2) is 0 Å². The minimum atomic E-state index is -0.498. The van der Waals surface area contributed by atoms with Crippen molar-refractivity contribution in [3.8, 4) is 5.75 Å². The lowest BCUT2D eigenvalue weighted by molar-refractivity contribution is -0.385. The lowest BCUT2D eigenvalue weighted by Crippen LogP contribution is -2.37. The Hall–Kier alpha value is -2.31. The number of hydrogen-bond acceptors (Lipinski definition) is 5. The van der Waals surface area contributed by atoms with Crippen molar-refractivity contribution >= 4 is 17.3 Å². The molecule has 1 amide bonds. The summed E-state index contributed by atoms with van der Waals surface area (Å²) >= 11 is 0. The zero-order valence-electron chi connectivity index (χ0n) is 11.8. The number of nitrogens with one attached hydrogen (secondary N) is 2. The van der Waals surface area contributed by atoms with E-state index in [1.165, 1.54) is 12.1 Å². The Balaban J connectivity index is 2.89. The highest BCUT2D eigenvalue weighted by molar-refractivity contribution is 5.84. The summed E-state index contributed by atoms with van der Waals surface area (Å²) in [5, 5.41) is 16.5. The maximum atomic E-state index is 11.6. The number of nitro benzene ring substituents is 1. The van der Waals surface area contributed by atoms with Gasteiger partial charge >= 0.3 is 5.69 Å². The molecule has 7 heteroatoms. The van der Waals surface area contributed by atoms with Gasteiger partial charge in [-0.2, -0.15) is 0 Å². The number of hydrogen-bond donors (Lipinski definition) is 2. The molecular weight excluding hydrogens is 262 g/mol. The van der Waals surface area contributed by atoms with Crippen molar-refractivity contribution in [3.05, 3.63) is 28.3 Å². The zero-order chi connectivity index (χ0) is 15.1. The Bertz CT molecular complexity index is 491. The topological polar surface area (TPSA) is 93.5 Å². The minimum Gasteiger partial charge on any atom is -0.487 e. The first kappa shape index (κ1) is 15.7. The second-order valence-electron chi connectivity index (χ2n) is 4.13. The first-order chi connectivity index (χ1) is 9.49. The second-order valence-corrected chi connectivity index (χ2v) is 4.13. The Morgan fingerprint density at radius 1 is 1.45 bits per heavy atom. The van der Waals surface area contributed by atoms with Gasteiger partial charge in [0.15, 0.2) is 5.75 Å². The summed E-state index contributed by atoms with van der Waals surface area (Å²) in [5.74, 6) is 0.0504. The van der Waals surface area contributed by atoms with Crippen molar-refractivity contribution in [2.75, 3.05) is 18.5 Å². The summed E-state index contributed by atoms with van der Waals surface area (Å²) in [6.07, 6.45) is 0. The van der Waals surface area contributed by atoms with Crippen LogP contribution in [0, 0.1) is 10.1 Å². The second kappa shape index (κ2) is 7.32. The molecule has 0 bridgehead atoms. The molecule has 1 aromatic rings. The average Bonchev–Trinajstić information content (AvgIpc) is 2.39. The summed E-state index contributed by atoms with van der Waals surface area (Å²) in [4.78, 5) is 22.0. The number of carbonyl (C=O) groups excluding carboxylic acids is 1. The largest absolute Gasteiger partial charge is 0.487 e. The lowest BCUT2D eigenvalue weighted by Gasteiger charge is -2.15.